The molecule has 0 radical (unpaired) electrons. The third-order valence-corrected chi connectivity index (χ3v) is 5.43. The van der Waals surface area contributed by atoms with Gasteiger partial charge in [0.2, 0.25) is 15.9 Å². The lowest BCUT2D eigenvalue weighted by atomic mass is 10.1. The van der Waals surface area contributed by atoms with Gasteiger partial charge in [-0.15, -0.1) is 0 Å². The lowest BCUT2D eigenvalue weighted by molar-refractivity contribution is -0.139. The second kappa shape index (κ2) is 8.96. The van der Waals surface area contributed by atoms with E-state index in [0.717, 1.165) is 25.7 Å². The molecule has 1 amide bonds. The summed E-state index contributed by atoms with van der Waals surface area (Å²) < 4.78 is 31.6. The molecule has 1 aliphatic rings. The molecule has 1 aromatic rings. The molecule has 2 rings (SSSR count). The van der Waals surface area contributed by atoms with E-state index in [-0.39, 0.29) is 17.4 Å². The smallest absolute Gasteiger partial charge is 0.324 e. The molecule has 0 spiro atoms. The fourth-order valence-corrected chi connectivity index (χ4v) is 3.73. The van der Waals surface area contributed by atoms with Crippen molar-refractivity contribution in [1.82, 2.24) is 4.72 Å². The third kappa shape index (κ3) is 5.82. The number of carbonyl (C=O) groups excluding carboxylic acids is 2. The maximum atomic E-state index is 12.3. The Hall–Kier alpha value is -1.93. The number of rotatable bonds is 9. The van der Waals surface area contributed by atoms with Crippen LogP contribution in [0.5, 0.6) is 0 Å². The Kier molecular flexibility index (Phi) is 6.95. The van der Waals surface area contributed by atoms with Crippen LogP contribution in [-0.2, 0) is 24.3 Å². The molecule has 7 nitrogen and oxygen atoms in total. The average Bonchev–Trinajstić information content (AvgIpc) is 2.96. The molecule has 25 heavy (non-hydrogen) atoms. The van der Waals surface area contributed by atoms with E-state index >= 15 is 0 Å². The maximum absolute atomic E-state index is 12.3. The van der Waals surface area contributed by atoms with Crippen molar-refractivity contribution in [2.75, 3.05) is 11.9 Å². The van der Waals surface area contributed by atoms with E-state index in [0.29, 0.717) is 18.5 Å². The summed E-state index contributed by atoms with van der Waals surface area (Å²) >= 11 is 0. The number of hydrogen-bond donors (Lipinski definition) is 2. The fourth-order valence-electron chi connectivity index (χ4n) is 2.51. The molecule has 2 N–H and O–H groups in total. The van der Waals surface area contributed by atoms with Gasteiger partial charge in [0.25, 0.3) is 0 Å². The zero-order chi connectivity index (χ0) is 18.3. The number of nitrogens with one attached hydrogen (secondary N) is 2. The van der Waals surface area contributed by atoms with E-state index in [2.05, 4.69) is 17.0 Å². The molecule has 1 unspecified atom stereocenters. The Morgan fingerprint density at radius 2 is 1.92 bits per heavy atom. The van der Waals surface area contributed by atoms with Crippen molar-refractivity contribution in [3.05, 3.63) is 24.3 Å². The molecule has 1 aromatic carbocycles. The minimum Gasteiger partial charge on any atom is -0.464 e. The summed E-state index contributed by atoms with van der Waals surface area (Å²) in [5.74, 6) is -0.644. The predicted molar refractivity (Wildman–Crippen MR) is 93.5 cm³/mol. The maximum Gasteiger partial charge on any atom is 0.324 e. The van der Waals surface area contributed by atoms with Gasteiger partial charge in [-0.25, -0.2) is 8.42 Å². The van der Waals surface area contributed by atoms with Crippen molar-refractivity contribution in [2.24, 2.45) is 0 Å². The molecule has 0 saturated carbocycles. The molecule has 8 heteroatoms. The predicted octanol–water partition coefficient (Wildman–Crippen LogP) is 2.19. The minimum absolute atomic E-state index is 0.0353. The highest BCUT2D eigenvalue weighted by Crippen LogP contribution is 2.17. The average molecular weight is 368 g/mol. The van der Waals surface area contributed by atoms with Crippen molar-refractivity contribution in [1.29, 1.82) is 0 Å². The summed E-state index contributed by atoms with van der Waals surface area (Å²) in [5.41, 5.74) is 0.541. The first-order valence-electron chi connectivity index (χ1n) is 8.51. The van der Waals surface area contributed by atoms with Crippen LogP contribution in [0.25, 0.3) is 0 Å². The molecule has 1 fully saturated rings. The Morgan fingerprint density at radius 3 is 2.52 bits per heavy atom. The van der Waals surface area contributed by atoms with E-state index in [1.54, 1.807) is 0 Å². The van der Waals surface area contributed by atoms with Crippen LogP contribution in [0.15, 0.2) is 29.2 Å². The highest BCUT2D eigenvalue weighted by Gasteiger charge is 2.31. The van der Waals surface area contributed by atoms with Gasteiger partial charge in [-0.05, 0) is 30.7 Å². The zero-order valence-corrected chi connectivity index (χ0v) is 15.1. The van der Waals surface area contributed by atoms with Gasteiger partial charge in [0.05, 0.1) is 11.5 Å². The molecule has 0 aromatic heterocycles. The lowest BCUT2D eigenvalue weighted by Crippen LogP contribution is -2.37. The number of cyclic esters (lactones) is 1. The second-order valence-corrected chi connectivity index (χ2v) is 7.73. The Bertz CT molecular complexity index is 700. The Balaban J connectivity index is 1.90. The number of hydrogen-bond acceptors (Lipinski definition) is 5. The highest BCUT2D eigenvalue weighted by molar-refractivity contribution is 7.89. The number of esters is 1. The highest BCUT2D eigenvalue weighted by atomic mass is 32.2. The number of anilines is 1. The normalized spacial score (nSPS) is 17.3. The SMILES string of the molecule is CCCCCCC(=O)Nc1ccc(S(=O)(=O)NC2CCOC2=O)cc1. The van der Waals surface area contributed by atoms with Gasteiger partial charge >= 0.3 is 5.97 Å². The molecule has 0 bridgehead atoms. The van der Waals surface area contributed by atoms with Gasteiger partial charge in [-0.2, -0.15) is 4.72 Å². The van der Waals surface area contributed by atoms with E-state index in [4.69, 9.17) is 4.74 Å². The quantitative estimate of drug-likeness (QED) is 0.514. The summed E-state index contributed by atoms with van der Waals surface area (Å²) in [5, 5.41) is 2.75. The Morgan fingerprint density at radius 1 is 1.20 bits per heavy atom. The molecule has 0 aliphatic carbocycles. The molecule has 1 atom stereocenters. The molecular weight excluding hydrogens is 344 g/mol. The summed E-state index contributed by atoms with van der Waals surface area (Å²) in [7, 11) is -3.81. The van der Waals surface area contributed by atoms with Crippen LogP contribution < -0.4 is 10.0 Å². The third-order valence-electron chi connectivity index (χ3n) is 3.94. The molecular formula is C17H24N2O5S. The van der Waals surface area contributed by atoms with Crippen LogP contribution in [0.1, 0.15) is 45.4 Å². The van der Waals surface area contributed by atoms with Gasteiger partial charge in [0.1, 0.15) is 6.04 Å². The molecule has 1 saturated heterocycles. The summed E-state index contributed by atoms with van der Waals surface area (Å²) in [6.45, 7) is 2.33. The number of sulfonamides is 1. The van der Waals surface area contributed by atoms with Crippen molar-refractivity contribution in [3.8, 4) is 0 Å². The molecule has 1 heterocycles. The van der Waals surface area contributed by atoms with Crippen molar-refractivity contribution in [2.45, 2.75) is 56.4 Å². The van der Waals surface area contributed by atoms with E-state index in [9.17, 15) is 18.0 Å². The van der Waals surface area contributed by atoms with Crippen LogP contribution in [-0.4, -0.2) is 32.9 Å². The fraction of sp³-hybridized carbons (Fsp3) is 0.529. The molecule has 1 aliphatic heterocycles. The van der Waals surface area contributed by atoms with Crippen molar-refractivity contribution in [3.63, 3.8) is 0 Å². The summed E-state index contributed by atoms with van der Waals surface area (Å²) in [4.78, 5) is 23.3. The van der Waals surface area contributed by atoms with Gasteiger partial charge in [-0.1, -0.05) is 26.2 Å². The number of benzene rings is 1. The number of carbonyl (C=O) groups is 2. The van der Waals surface area contributed by atoms with Crippen molar-refractivity contribution < 1.29 is 22.7 Å². The van der Waals surface area contributed by atoms with Crippen LogP contribution in [0.3, 0.4) is 0 Å². The zero-order valence-electron chi connectivity index (χ0n) is 14.3. The minimum atomic E-state index is -3.81. The van der Waals surface area contributed by atoms with Crippen LogP contribution >= 0.6 is 0 Å². The summed E-state index contributed by atoms with van der Waals surface area (Å²) in [6, 6.07) is 5.02. The van der Waals surface area contributed by atoms with Gasteiger partial charge in [-0.3, -0.25) is 9.59 Å². The first-order chi connectivity index (χ1) is 11.9. The van der Waals surface area contributed by atoms with Gasteiger partial charge in [0, 0.05) is 18.5 Å². The van der Waals surface area contributed by atoms with E-state index in [1.807, 2.05) is 0 Å². The number of unbranched alkanes of at least 4 members (excludes halogenated alkanes) is 3. The summed E-state index contributed by atoms with van der Waals surface area (Å²) in [6.07, 6.45) is 4.87. The van der Waals surface area contributed by atoms with Crippen LogP contribution in [0.4, 0.5) is 5.69 Å². The van der Waals surface area contributed by atoms with E-state index in [1.165, 1.54) is 24.3 Å². The lowest BCUT2D eigenvalue weighted by Gasteiger charge is -2.11. The first kappa shape index (κ1) is 19.4. The van der Waals surface area contributed by atoms with Crippen LogP contribution in [0.2, 0.25) is 0 Å². The monoisotopic (exact) mass is 368 g/mol. The number of amides is 1. The van der Waals surface area contributed by atoms with E-state index < -0.39 is 22.0 Å². The van der Waals surface area contributed by atoms with Gasteiger partial charge < -0.3 is 10.1 Å². The number of ether oxygens (including phenoxy) is 1. The largest absolute Gasteiger partial charge is 0.464 e. The Labute approximate surface area is 148 Å². The van der Waals surface area contributed by atoms with Crippen LogP contribution in [0, 0.1) is 0 Å². The first-order valence-corrected chi connectivity index (χ1v) is 9.99. The standard InChI is InChI=1S/C17H24N2O5S/c1-2-3-4-5-6-16(20)18-13-7-9-14(10-8-13)25(22,23)19-15-11-12-24-17(15)21/h7-10,15,19H,2-6,11-12H2,1H3,(H,18,20). The second-order valence-electron chi connectivity index (χ2n) is 6.01. The molecule has 138 valence electrons. The van der Waals surface area contributed by atoms with Crippen molar-refractivity contribution >= 4 is 27.6 Å². The topological polar surface area (TPSA) is 102 Å². The van der Waals surface area contributed by atoms with Gasteiger partial charge in [0.15, 0.2) is 0 Å².